The lowest BCUT2D eigenvalue weighted by Crippen LogP contribution is -2.35. The van der Waals surface area contributed by atoms with E-state index in [4.69, 9.17) is 4.98 Å². The number of thiazole rings is 1. The van der Waals surface area contributed by atoms with Gasteiger partial charge in [-0.1, -0.05) is 18.6 Å². The van der Waals surface area contributed by atoms with Crippen molar-refractivity contribution in [1.82, 2.24) is 19.9 Å². The Bertz CT molecular complexity index is 891. The Kier molecular flexibility index (Phi) is 5.60. The molecule has 4 heterocycles. The van der Waals surface area contributed by atoms with Crippen molar-refractivity contribution in [2.75, 3.05) is 13.1 Å². The first-order valence-corrected chi connectivity index (χ1v) is 10.6. The van der Waals surface area contributed by atoms with Crippen LogP contribution >= 0.6 is 11.3 Å². The number of hydrogen-bond acceptors (Lipinski definition) is 5. The van der Waals surface area contributed by atoms with E-state index in [2.05, 4.69) is 46.9 Å². The smallest absolute Gasteiger partial charge is 0.0915 e. The molecule has 0 aliphatic carbocycles. The van der Waals surface area contributed by atoms with Crippen LogP contribution in [0, 0.1) is 13.8 Å². The van der Waals surface area contributed by atoms with Gasteiger partial charge in [-0.25, -0.2) is 4.98 Å². The molecule has 3 aromatic rings. The van der Waals surface area contributed by atoms with E-state index in [-0.39, 0.29) is 0 Å². The molecule has 27 heavy (non-hydrogen) atoms. The lowest BCUT2D eigenvalue weighted by molar-refractivity contribution is 0.147. The molecule has 0 N–H and O–H groups in total. The van der Waals surface area contributed by atoms with Crippen LogP contribution in [-0.2, 0) is 6.42 Å². The summed E-state index contributed by atoms with van der Waals surface area (Å²) in [6, 6.07) is 8.80. The summed E-state index contributed by atoms with van der Waals surface area (Å²) in [7, 11) is 0. The Hall–Kier alpha value is -2.11. The summed E-state index contributed by atoms with van der Waals surface area (Å²) >= 11 is 1.75. The molecule has 5 heteroatoms. The van der Waals surface area contributed by atoms with Gasteiger partial charge in [0.25, 0.3) is 0 Å². The van der Waals surface area contributed by atoms with Crippen molar-refractivity contribution in [3.05, 3.63) is 63.9 Å². The zero-order valence-corrected chi connectivity index (χ0v) is 16.9. The lowest BCUT2D eigenvalue weighted by atomic mass is 9.95. The standard InChI is InChI=1S/C22H26N4S/c1-16-6-5-11-24-21(16)19-9-8-17(2)22(25-19)20-7-3-4-12-26(20)13-10-18-14-23-15-27-18/h5-6,8-9,11,14-15,20H,3-4,7,10,12-13H2,1-2H3/t20-/m1/s1. The monoisotopic (exact) mass is 378 g/mol. The molecule has 0 unspecified atom stereocenters. The van der Waals surface area contributed by atoms with E-state index in [0.717, 1.165) is 30.9 Å². The first-order valence-electron chi connectivity index (χ1n) is 9.73. The largest absolute Gasteiger partial charge is 0.294 e. The fraction of sp³-hybridized carbons (Fsp3) is 0.409. The van der Waals surface area contributed by atoms with Gasteiger partial charge in [-0.3, -0.25) is 14.9 Å². The maximum Gasteiger partial charge on any atom is 0.0915 e. The Morgan fingerprint density at radius 3 is 2.89 bits per heavy atom. The number of hydrogen-bond donors (Lipinski definition) is 0. The van der Waals surface area contributed by atoms with E-state index >= 15 is 0 Å². The summed E-state index contributed by atoms with van der Waals surface area (Å²) in [4.78, 5) is 17.9. The van der Waals surface area contributed by atoms with Gasteiger partial charge in [0.15, 0.2) is 0 Å². The quantitative estimate of drug-likeness (QED) is 0.627. The average molecular weight is 379 g/mol. The zero-order valence-electron chi connectivity index (χ0n) is 16.1. The maximum absolute atomic E-state index is 5.11. The number of aromatic nitrogens is 3. The average Bonchev–Trinajstić information content (AvgIpc) is 3.21. The maximum atomic E-state index is 5.11. The Labute approximate surface area is 165 Å². The highest BCUT2D eigenvalue weighted by molar-refractivity contribution is 7.09. The van der Waals surface area contributed by atoms with Gasteiger partial charge in [-0.05, 0) is 62.9 Å². The minimum absolute atomic E-state index is 0.399. The van der Waals surface area contributed by atoms with Crippen molar-refractivity contribution < 1.29 is 0 Å². The van der Waals surface area contributed by atoms with E-state index in [1.54, 1.807) is 11.3 Å². The number of nitrogens with zero attached hydrogens (tertiary/aromatic N) is 4. The summed E-state index contributed by atoms with van der Waals surface area (Å²) < 4.78 is 0. The molecule has 1 aliphatic rings. The second-order valence-electron chi connectivity index (χ2n) is 7.33. The van der Waals surface area contributed by atoms with Crippen LogP contribution in [0.2, 0.25) is 0 Å². The van der Waals surface area contributed by atoms with Gasteiger partial charge in [0.05, 0.1) is 28.6 Å². The molecule has 1 fully saturated rings. The molecular weight excluding hydrogens is 352 g/mol. The molecule has 4 nitrogen and oxygen atoms in total. The molecule has 1 atom stereocenters. The van der Waals surface area contributed by atoms with Crippen LogP contribution in [0.1, 0.15) is 47.0 Å². The molecule has 0 radical (unpaired) electrons. The fourth-order valence-corrected chi connectivity index (χ4v) is 4.54. The van der Waals surface area contributed by atoms with E-state index in [9.17, 15) is 0 Å². The number of pyridine rings is 2. The number of piperidine rings is 1. The summed E-state index contributed by atoms with van der Waals surface area (Å²) in [5.74, 6) is 0. The molecule has 0 bridgehead atoms. The second kappa shape index (κ2) is 8.28. The number of likely N-dealkylation sites (tertiary alicyclic amines) is 1. The topological polar surface area (TPSA) is 41.9 Å². The molecule has 1 aliphatic heterocycles. The van der Waals surface area contributed by atoms with E-state index in [1.807, 2.05) is 24.0 Å². The van der Waals surface area contributed by atoms with Gasteiger partial charge in [-0.2, -0.15) is 0 Å². The van der Waals surface area contributed by atoms with Crippen molar-refractivity contribution in [2.45, 2.75) is 45.6 Å². The molecule has 1 saturated heterocycles. The second-order valence-corrected chi connectivity index (χ2v) is 8.30. The third-order valence-electron chi connectivity index (χ3n) is 5.45. The van der Waals surface area contributed by atoms with Crippen molar-refractivity contribution in [2.24, 2.45) is 0 Å². The van der Waals surface area contributed by atoms with Crippen LogP contribution in [0.15, 0.2) is 42.2 Å². The Morgan fingerprint density at radius 1 is 1.15 bits per heavy atom. The normalized spacial score (nSPS) is 17.9. The van der Waals surface area contributed by atoms with Gasteiger partial charge in [0, 0.05) is 23.8 Å². The summed E-state index contributed by atoms with van der Waals surface area (Å²) in [5.41, 5.74) is 7.58. The van der Waals surface area contributed by atoms with Crippen molar-refractivity contribution in [1.29, 1.82) is 0 Å². The van der Waals surface area contributed by atoms with E-state index < -0.39 is 0 Å². The first-order chi connectivity index (χ1) is 13.2. The highest BCUT2D eigenvalue weighted by Gasteiger charge is 2.26. The van der Waals surface area contributed by atoms with Crippen LogP contribution in [0.25, 0.3) is 11.4 Å². The third kappa shape index (κ3) is 4.09. The number of aryl methyl sites for hydroxylation is 2. The van der Waals surface area contributed by atoms with Crippen LogP contribution in [0.3, 0.4) is 0 Å². The van der Waals surface area contributed by atoms with Gasteiger partial charge in [0.2, 0.25) is 0 Å². The Morgan fingerprint density at radius 2 is 2.07 bits per heavy atom. The first kappa shape index (κ1) is 18.3. The minimum Gasteiger partial charge on any atom is -0.294 e. The predicted octanol–water partition coefficient (Wildman–Crippen LogP) is 4.99. The van der Waals surface area contributed by atoms with Crippen molar-refractivity contribution >= 4 is 11.3 Å². The SMILES string of the molecule is Cc1cccnc1-c1ccc(C)c([C@H]2CCCCN2CCc2cncs2)n1. The summed E-state index contributed by atoms with van der Waals surface area (Å²) in [5, 5.41) is 0. The van der Waals surface area contributed by atoms with Crippen molar-refractivity contribution in [3.63, 3.8) is 0 Å². The number of rotatable bonds is 5. The molecule has 0 aromatic carbocycles. The van der Waals surface area contributed by atoms with Gasteiger partial charge < -0.3 is 0 Å². The summed E-state index contributed by atoms with van der Waals surface area (Å²) in [6.07, 6.45) is 8.65. The van der Waals surface area contributed by atoms with Gasteiger partial charge in [-0.15, -0.1) is 11.3 Å². The molecular formula is C22H26N4S. The van der Waals surface area contributed by atoms with Crippen LogP contribution < -0.4 is 0 Å². The summed E-state index contributed by atoms with van der Waals surface area (Å²) in [6.45, 7) is 6.51. The molecule has 0 spiro atoms. The Balaban J connectivity index is 1.61. The zero-order chi connectivity index (χ0) is 18.6. The fourth-order valence-electron chi connectivity index (χ4n) is 3.96. The van der Waals surface area contributed by atoms with Crippen LogP contribution in [0.4, 0.5) is 0 Å². The lowest BCUT2D eigenvalue weighted by Gasteiger charge is -2.36. The van der Waals surface area contributed by atoms with Crippen molar-refractivity contribution in [3.8, 4) is 11.4 Å². The predicted molar refractivity (Wildman–Crippen MR) is 111 cm³/mol. The molecule has 0 saturated carbocycles. The van der Waals surface area contributed by atoms with Gasteiger partial charge in [0.1, 0.15) is 0 Å². The molecule has 3 aromatic heterocycles. The van der Waals surface area contributed by atoms with Crippen LogP contribution in [0.5, 0.6) is 0 Å². The van der Waals surface area contributed by atoms with E-state index in [0.29, 0.717) is 6.04 Å². The van der Waals surface area contributed by atoms with Gasteiger partial charge >= 0.3 is 0 Å². The van der Waals surface area contributed by atoms with E-state index in [1.165, 1.54) is 41.0 Å². The highest BCUT2D eigenvalue weighted by atomic mass is 32.1. The molecule has 4 rings (SSSR count). The highest BCUT2D eigenvalue weighted by Crippen LogP contribution is 2.33. The molecule has 140 valence electrons. The third-order valence-corrected chi connectivity index (χ3v) is 6.29. The minimum atomic E-state index is 0.399. The molecule has 0 amide bonds. The van der Waals surface area contributed by atoms with Crippen LogP contribution in [-0.4, -0.2) is 32.9 Å².